The maximum atomic E-state index is 13.6. The van der Waals surface area contributed by atoms with Crippen molar-refractivity contribution in [1.29, 1.82) is 0 Å². The van der Waals surface area contributed by atoms with Gasteiger partial charge in [-0.3, -0.25) is 4.98 Å². The lowest BCUT2D eigenvalue weighted by Crippen LogP contribution is -2.16. The van der Waals surface area contributed by atoms with E-state index in [0.717, 1.165) is 10.5 Å². The van der Waals surface area contributed by atoms with Crippen LogP contribution in [0.1, 0.15) is 17.3 Å². The van der Waals surface area contributed by atoms with E-state index < -0.39 is 17.7 Å². The van der Waals surface area contributed by atoms with E-state index >= 15 is 0 Å². The number of hydrogen-bond acceptors (Lipinski definition) is 2. The van der Waals surface area contributed by atoms with Gasteiger partial charge in [0.2, 0.25) is 0 Å². The summed E-state index contributed by atoms with van der Waals surface area (Å²) < 4.78 is 27.9. The Balaban J connectivity index is 2.44. The predicted octanol–water partition coefficient (Wildman–Crippen LogP) is 3.93. The van der Waals surface area contributed by atoms with Gasteiger partial charge in [0.25, 0.3) is 0 Å². The number of aromatic nitrogens is 1. The van der Waals surface area contributed by atoms with Crippen LogP contribution >= 0.6 is 31.9 Å². The summed E-state index contributed by atoms with van der Waals surface area (Å²) in [6.07, 6.45) is 1.57. The molecule has 1 atom stereocenters. The molecule has 94 valence electrons. The minimum atomic E-state index is -0.756. The minimum Gasteiger partial charge on any atom is -0.319 e. The molecule has 1 heterocycles. The van der Waals surface area contributed by atoms with E-state index in [1.165, 1.54) is 12.1 Å². The first-order valence-corrected chi connectivity index (χ1v) is 6.59. The lowest BCUT2D eigenvalue weighted by Gasteiger charge is -2.14. The van der Waals surface area contributed by atoms with E-state index in [2.05, 4.69) is 36.8 Å². The van der Waals surface area contributed by atoms with Gasteiger partial charge in [0.15, 0.2) is 0 Å². The molecule has 0 saturated carbocycles. The number of nitrogens with two attached hydrogens (primary N) is 1. The molecule has 2 aromatic rings. The van der Waals surface area contributed by atoms with E-state index in [-0.39, 0.29) is 5.56 Å². The summed E-state index contributed by atoms with van der Waals surface area (Å²) in [5.74, 6) is -1.31. The summed E-state index contributed by atoms with van der Waals surface area (Å²) in [6, 6.07) is 4.32. The van der Waals surface area contributed by atoms with Gasteiger partial charge in [-0.2, -0.15) is 0 Å². The lowest BCUT2D eigenvalue weighted by atomic mass is 10.0. The second-order valence-corrected chi connectivity index (χ2v) is 5.43. The summed E-state index contributed by atoms with van der Waals surface area (Å²) in [7, 11) is 0. The molecule has 1 aromatic heterocycles. The van der Waals surface area contributed by atoms with Crippen LogP contribution in [0.4, 0.5) is 8.78 Å². The Kier molecular flexibility index (Phi) is 4.09. The highest BCUT2D eigenvalue weighted by molar-refractivity contribution is 9.11. The molecule has 0 spiro atoms. The normalized spacial score (nSPS) is 12.5. The van der Waals surface area contributed by atoms with Gasteiger partial charge < -0.3 is 5.73 Å². The van der Waals surface area contributed by atoms with Gasteiger partial charge >= 0.3 is 0 Å². The maximum absolute atomic E-state index is 13.6. The third-order valence-electron chi connectivity index (χ3n) is 2.43. The van der Waals surface area contributed by atoms with Gasteiger partial charge in [0.05, 0.1) is 11.7 Å². The Morgan fingerprint density at radius 3 is 2.50 bits per heavy atom. The Morgan fingerprint density at radius 2 is 1.89 bits per heavy atom. The zero-order valence-corrected chi connectivity index (χ0v) is 12.2. The molecule has 1 unspecified atom stereocenters. The van der Waals surface area contributed by atoms with Crippen molar-refractivity contribution < 1.29 is 8.78 Å². The highest BCUT2D eigenvalue weighted by Gasteiger charge is 2.18. The second kappa shape index (κ2) is 5.42. The van der Waals surface area contributed by atoms with Crippen LogP contribution < -0.4 is 5.73 Å². The molecule has 6 heteroatoms. The number of benzene rings is 1. The summed E-state index contributed by atoms with van der Waals surface area (Å²) in [4.78, 5) is 4.14. The van der Waals surface area contributed by atoms with E-state index in [9.17, 15) is 8.78 Å². The first-order valence-electron chi connectivity index (χ1n) is 5.00. The van der Waals surface area contributed by atoms with Crippen LogP contribution in [-0.2, 0) is 0 Å². The molecule has 2 nitrogen and oxygen atoms in total. The molecule has 0 radical (unpaired) electrons. The van der Waals surface area contributed by atoms with E-state index in [0.29, 0.717) is 10.2 Å². The van der Waals surface area contributed by atoms with E-state index in [1.54, 1.807) is 12.3 Å². The van der Waals surface area contributed by atoms with Gasteiger partial charge in [-0.05, 0) is 44.0 Å². The Bertz CT molecular complexity index is 539. The largest absolute Gasteiger partial charge is 0.319 e. The maximum Gasteiger partial charge on any atom is 0.131 e. The number of rotatable bonds is 2. The van der Waals surface area contributed by atoms with Crippen LogP contribution in [0.2, 0.25) is 0 Å². The summed E-state index contributed by atoms with van der Waals surface area (Å²) in [5, 5.41) is 0. The number of nitrogens with zero attached hydrogens (tertiary/aromatic N) is 1. The van der Waals surface area contributed by atoms with Crippen LogP contribution in [0.3, 0.4) is 0 Å². The molecular weight excluding hydrogens is 370 g/mol. The average molecular weight is 378 g/mol. The fourth-order valence-electron chi connectivity index (χ4n) is 1.56. The third kappa shape index (κ3) is 2.76. The molecule has 0 aliphatic heterocycles. The molecular formula is C12H8Br2F2N2. The highest BCUT2D eigenvalue weighted by atomic mass is 79.9. The number of halogens is 4. The highest BCUT2D eigenvalue weighted by Crippen LogP contribution is 2.28. The summed E-state index contributed by atoms with van der Waals surface area (Å²) in [5.41, 5.74) is 6.64. The Hall–Kier alpha value is -0.850. The monoisotopic (exact) mass is 376 g/mol. The fourth-order valence-corrected chi connectivity index (χ4v) is 2.79. The summed E-state index contributed by atoms with van der Waals surface area (Å²) >= 11 is 6.58. The van der Waals surface area contributed by atoms with E-state index in [4.69, 9.17) is 5.73 Å². The Morgan fingerprint density at radius 1 is 1.17 bits per heavy atom. The topological polar surface area (TPSA) is 38.9 Å². The van der Waals surface area contributed by atoms with Gasteiger partial charge in [-0.15, -0.1) is 0 Å². The number of hydrogen-bond donors (Lipinski definition) is 1. The molecule has 0 bridgehead atoms. The first kappa shape index (κ1) is 13.6. The molecule has 0 aliphatic carbocycles. The van der Waals surface area contributed by atoms with Gasteiger partial charge in [0.1, 0.15) is 11.6 Å². The molecule has 0 aliphatic rings. The van der Waals surface area contributed by atoms with Gasteiger partial charge in [-0.1, -0.05) is 6.07 Å². The molecule has 0 fully saturated rings. The zero-order chi connectivity index (χ0) is 13.3. The average Bonchev–Trinajstić information content (AvgIpc) is 2.28. The summed E-state index contributed by atoms with van der Waals surface area (Å²) in [6.45, 7) is 0. The zero-order valence-electron chi connectivity index (χ0n) is 9.00. The van der Waals surface area contributed by atoms with Crippen molar-refractivity contribution in [2.75, 3.05) is 0 Å². The quantitative estimate of drug-likeness (QED) is 0.861. The molecule has 2 N–H and O–H groups in total. The van der Waals surface area contributed by atoms with Crippen LogP contribution in [-0.4, -0.2) is 4.98 Å². The fraction of sp³-hybridized carbons (Fsp3) is 0.0833. The molecule has 2 rings (SSSR count). The van der Waals surface area contributed by atoms with Crippen LogP contribution in [0.15, 0.2) is 39.4 Å². The van der Waals surface area contributed by atoms with Crippen molar-refractivity contribution in [2.24, 2.45) is 5.73 Å². The first-order chi connectivity index (χ1) is 8.49. The second-order valence-electron chi connectivity index (χ2n) is 3.66. The Labute approximate surface area is 119 Å². The standard InChI is InChI=1S/C12H8Br2F2N2/c13-6-3-9(14)12(18-5-6)11(17)8-2-1-7(15)4-10(8)16/h1-5,11H,17H2. The predicted molar refractivity (Wildman–Crippen MR) is 72.0 cm³/mol. The van der Waals surface area contributed by atoms with Crippen LogP contribution in [0, 0.1) is 11.6 Å². The SMILES string of the molecule is NC(c1ccc(F)cc1F)c1ncc(Br)cc1Br. The third-order valence-corrected chi connectivity index (χ3v) is 3.50. The molecule has 18 heavy (non-hydrogen) atoms. The van der Waals surface area contributed by atoms with Crippen LogP contribution in [0.5, 0.6) is 0 Å². The molecule has 0 saturated heterocycles. The van der Waals surface area contributed by atoms with Gasteiger partial charge in [0, 0.05) is 26.8 Å². The van der Waals surface area contributed by atoms with Crippen molar-refractivity contribution in [1.82, 2.24) is 4.98 Å². The lowest BCUT2D eigenvalue weighted by molar-refractivity contribution is 0.564. The molecule has 1 aromatic carbocycles. The van der Waals surface area contributed by atoms with Crippen molar-refractivity contribution >= 4 is 31.9 Å². The molecule has 0 amide bonds. The number of pyridine rings is 1. The van der Waals surface area contributed by atoms with Crippen molar-refractivity contribution in [3.8, 4) is 0 Å². The smallest absolute Gasteiger partial charge is 0.131 e. The minimum absolute atomic E-state index is 0.201. The van der Waals surface area contributed by atoms with E-state index in [1.807, 2.05) is 0 Å². The van der Waals surface area contributed by atoms with Crippen molar-refractivity contribution in [3.63, 3.8) is 0 Å². The van der Waals surface area contributed by atoms with Crippen molar-refractivity contribution in [2.45, 2.75) is 6.04 Å². The van der Waals surface area contributed by atoms with Gasteiger partial charge in [-0.25, -0.2) is 8.78 Å². The van der Waals surface area contributed by atoms with Crippen LogP contribution in [0.25, 0.3) is 0 Å². The van der Waals surface area contributed by atoms with Crippen molar-refractivity contribution in [3.05, 3.63) is 62.3 Å².